The number of carbonyl (C=O) groups is 2. The predicted molar refractivity (Wildman–Crippen MR) is 103 cm³/mol. The van der Waals surface area contributed by atoms with Gasteiger partial charge in [0.1, 0.15) is 6.04 Å². The van der Waals surface area contributed by atoms with Crippen molar-refractivity contribution in [2.75, 3.05) is 13.1 Å². The molecule has 2 rings (SSSR count). The maximum atomic E-state index is 13.3. The van der Waals surface area contributed by atoms with E-state index in [-0.39, 0.29) is 17.9 Å². The number of carbonyl (C=O) groups excluding carboxylic acids is 1. The van der Waals surface area contributed by atoms with E-state index in [2.05, 4.69) is 10.6 Å². The number of hydrogen-bond donors (Lipinski definition) is 4. The first-order chi connectivity index (χ1) is 12.9. The van der Waals surface area contributed by atoms with E-state index in [1.54, 1.807) is 4.90 Å². The molecule has 0 aromatic heterocycles. The molecule has 150 valence electrons. The van der Waals surface area contributed by atoms with Gasteiger partial charge in [0, 0.05) is 13.1 Å². The molecule has 1 saturated heterocycles. The molecule has 2 amide bonds. The van der Waals surface area contributed by atoms with Gasteiger partial charge in [-0.15, -0.1) is 0 Å². The summed E-state index contributed by atoms with van der Waals surface area (Å²) in [6.07, 6.45) is 0.0362. The Morgan fingerprint density at radius 2 is 2.00 bits per heavy atom. The van der Waals surface area contributed by atoms with Crippen LogP contribution in [-0.2, 0) is 11.3 Å². The number of rotatable bonds is 7. The Bertz CT molecular complexity index is 609. The van der Waals surface area contributed by atoms with Crippen LogP contribution in [-0.4, -0.2) is 58.4 Å². The third kappa shape index (κ3) is 6.52. The van der Waals surface area contributed by atoms with Crippen molar-refractivity contribution in [1.29, 1.82) is 0 Å². The average Bonchev–Trinajstić information content (AvgIpc) is 2.83. The monoisotopic (exact) mass is 377 g/mol. The number of benzene rings is 1. The van der Waals surface area contributed by atoms with Gasteiger partial charge in [-0.2, -0.15) is 0 Å². The van der Waals surface area contributed by atoms with Gasteiger partial charge in [-0.05, 0) is 37.3 Å². The summed E-state index contributed by atoms with van der Waals surface area (Å²) in [5.41, 5.74) is 0.953. The van der Waals surface area contributed by atoms with Crippen molar-refractivity contribution in [3.05, 3.63) is 35.9 Å². The number of carboxylic acid groups (broad SMARTS) is 1. The molecule has 1 aromatic carbocycles. The fraction of sp³-hybridized carbons (Fsp3) is 0.600. The fourth-order valence-electron chi connectivity index (χ4n) is 3.56. The van der Waals surface area contributed by atoms with Crippen LogP contribution in [0.15, 0.2) is 30.3 Å². The SMILES string of the molecule is CC(C)CC(NC(=O)O)C(=O)N(Cc1ccccc1)C1CCCNC[C@@H]1O. The van der Waals surface area contributed by atoms with Crippen LogP contribution >= 0.6 is 0 Å². The highest BCUT2D eigenvalue weighted by molar-refractivity contribution is 5.85. The fourth-order valence-corrected chi connectivity index (χ4v) is 3.56. The van der Waals surface area contributed by atoms with E-state index in [9.17, 15) is 19.8 Å². The van der Waals surface area contributed by atoms with Gasteiger partial charge < -0.3 is 25.7 Å². The van der Waals surface area contributed by atoms with E-state index in [4.69, 9.17) is 0 Å². The highest BCUT2D eigenvalue weighted by Crippen LogP contribution is 2.20. The molecule has 0 aliphatic carbocycles. The van der Waals surface area contributed by atoms with Crippen molar-refractivity contribution in [2.45, 2.75) is 57.8 Å². The molecule has 1 aliphatic heterocycles. The quantitative estimate of drug-likeness (QED) is 0.580. The number of aliphatic hydroxyl groups is 1. The minimum atomic E-state index is -1.21. The van der Waals surface area contributed by atoms with Gasteiger partial charge in [-0.25, -0.2) is 4.79 Å². The van der Waals surface area contributed by atoms with Gasteiger partial charge in [-0.3, -0.25) is 4.79 Å². The first-order valence-corrected chi connectivity index (χ1v) is 9.61. The number of hydrogen-bond acceptors (Lipinski definition) is 4. The normalized spacial score (nSPS) is 21.3. The second-order valence-corrected chi connectivity index (χ2v) is 7.56. The summed E-state index contributed by atoms with van der Waals surface area (Å²) in [6.45, 7) is 5.47. The molecule has 1 heterocycles. The lowest BCUT2D eigenvalue weighted by Gasteiger charge is -2.36. The first kappa shape index (κ1) is 21.2. The summed E-state index contributed by atoms with van der Waals surface area (Å²) in [7, 11) is 0. The molecule has 1 fully saturated rings. The maximum Gasteiger partial charge on any atom is 0.405 e. The lowest BCUT2D eigenvalue weighted by atomic mass is 9.98. The minimum Gasteiger partial charge on any atom is -0.465 e. The van der Waals surface area contributed by atoms with Crippen LogP contribution in [0.5, 0.6) is 0 Å². The van der Waals surface area contributed by atoms with Crippen LogP contribution in [0.3, 0.4) is 0 Å². The highest BCUT2D eigenvalue weighted by Gasteiger charge is 2.35. The van der Waals surface area contributed by atoms with Crippen LogP contribution < -0.4 is 10.6 Å². The number of aliphatic hydroxyl groups excluding tert-OH is 1. The lowest BCUT2D eigenvalue weighted by Crippen LogP contribution is -2.55. The molecule has 0 spiro atoms. The van der Waals surface area contributed by atoms with Gasteiger partial charge in [0.05, 0.1) is 12.1 Å². The molecule has 0 radical (unpaired) electrons. The molecule has 4 N–H and O–H groups in total. The number of nitrogens with one attached hydrogen (secondary N) is 2. The Balaban J connectivity index is 2.30. The summed E-state index contributed by atoms with van der Waals surface area (Å²) < 4.78 is 0. The Kier molecular flexibility index (Phi) is 8.06. The van der Waals surface area contributed by atoms with Crippen molar-refractivity contribution >= 4 is 12.0 Å². The van der Waals surface area contributed by atoms with E-state index in [1.165, 1.54) is 0 Å². The lowest BCUT2D eigenvalue weighted by molar-refractivity contribution is -0.139. The van der Waals surface area contributed by atoms with Gasteiger partial charge in [-0.1, -0.05) is 44.2 Å². The minimum absolute atomic E-state index is 0.157. The van der Waals surface area contributed by atoms with Crippen LogP contribution in [0.4, 0.5) is 4.79 Å². The second kappa shape index (κ2) is 10.3. The maximum absolute atomic E-state index is 13.3. The van der Waals surface area contributed by atoms with Crippen molar-refractivity contribution in [2.24, 2.45) is 5.92 Å². The van der Waals surface area contributed by atoms with Gasteiger partial charge in [0.2, 0.25) is 5.91 Å². The van der Waals surface area contributed by atoms with Gasteiger partial charge >= 0.3 is 6.09 Å². The molecule has 7 heteroatoms. The predicted octanol–water partition coefficient (Wildman–Crippen LogP) is 1.81. The molecular formula is C20H31N3O4. The smallest absolute Gasteiger partial charge is 0.405 e. The van der Waals surface area contributed by atoms with Crippen LogP contribution in [0, 0.1) is 5.92 Å². The highest BCUT2D eigenvalue weighted by atomic mass is 16.4. The molecule has 2 unspecified atom stereocenters. The largest absolute Gasteiger partial charge is 0.465 e. The van der Waals surface area contributed by atoms with Gasteiger partial charge in [0.25, 0.3) is 0 Å². The molecule has 0 saturated carbocycles. The molecule has 3 atom stereocenters. The van der Waals surface area contributed by atoms with E-state index in [0.717, 1.165) is 18.5 Å². The Morgan fingerprint density at radius 1 is 1.30 bits per heavy atom. The third-order valence-corrected chi connectivity index (χ3v) is 4.83. The van der Waals surface area contributed by atoms with E-state index in [0.29, 0.717) is 25.9 Å². The van der Waals surface area contributed by atoms with Crippen LogP contribution in [0.2, 0.25) is 0 Å². The van der Waals surface area contributed by atoms with Crippen molar-refractivity contribution in [1.82, 2.24) is 15.5 Å². The van der Waals surface area contributed by atoms with Crippen LogP contribution in [0.1, 0.15) is 38.7 Å². The Morgan fingerprint density at radius 3 is 2.63 bits per heavy atom. The molecule has 1 aromatic rings. The summed E-state index contributed by atoms with van der Waals surface area (Å²) in [5, 5.41) is 25.3. The standard InChI is InChI=1S/C20H31N3O4/c1-14(2)11-16(22-20(26)27)19(25)23(13-15-7-4-3-5-8-15)17-9-6-10-21-12-18(17)24/h3-5,7-8,14,16-18,21-22,24H,6,9-13H2,1-2H3,(H,26,27)/t16?,17?,18-/m0/s1. The number of β-amino-alcohol motifs (C(OH)–C–C–N with tert-alkyl or cyclic N) is 1. The Hall–Kier alpha value is -2.12. The van der Waals surface area contributed by atoms with Crippen molar-refractivity contribution in [3.8, 4) is 0 Å². The number of nitrogens with zero attached hydrogens (tertiary/aromatic N) is 1. The average molecular weight is 377 g/mol. The molecular weight excluding hydrogens is 346 g/mol. The van der Waals surface area contributed by atoms with Gasteiger partial charge in [0.15, 0.2) is 0 Å². The summed E-state index contributed by atoms with van der Waals surface area (Å²) in [6, 6.07) is 8.42. The number of amides is 2. The molecule has 0 bridgehead atoms. The van der Waals surface area contributed by atoms with Crippen LogP contribution in [0.25, 0.3) is 0 Å². The first-order valence-electron chi connectivity index (χ1n) is 9.61. The topological polar surface area (TPSA) is 102 Å². The van der Waals surface area contributed by atoms with E-state index >= 15 is 0 Å². The van der Waals surface area contributed by atoms with E-state index in [1.807, 2.05) is 44.2 Å². The zero-order valence-corrected chi connectivity index (χ0v) is 16.1. The molecule has 27 heavy (non-hydrogen) atoms. The second-order valence-electron chi connectivity index (χ2n) is 7.56. The molecule has 7 nitrogen and oxygen atoms in total. The molecule has 1 aliphatic rings. The zero-order chi connectivity index (χ0) is 19.8. The van der Waals surface area contributed by atoms with E-state index < -0.39 is 18.2 Å². The zero-order valence-electron chi connectivity index (χ0n) is 16.1. The summed E-state index contributed by atoms with van der Waals surface area (Å²) in [5.74, 6) is -0.119. The summed E-state index contributed by atoms with van der Waals surface area (Å²) >= 11 is 0. The third-order valence-electron chi connectivity index (χ3n) is 4.83. The summed E-state index contributed by atoms with van der Waals surface area (Å²) in [4.78, 5) is 26.2. The Labute approximate surface area is 160 Å². The van der Waals surface area contributed by atoms with Crippen molar-refractivity contribution in [3.63, 3.8) is 0 Å². The van der Waals surface area contributed by atoms with Crippen molar-refractivity contribution < 1.29 is 19.8 Å².